The highest BCUT2D eigenvalue weighted by Crippen LogP contribution is 2.22. The van der Waals surface area contributed by atoms with Crippen molar-refractivity contribution in [3.8, 4) is 5.75 Å². The number of aliphatic carboxylic acids is 1. The van der Waals surface area contributed by atoms with E-state index in [0.717, 1.165) is 16.6 Å². The number of nitrogens with two attached hydrogens (primary N) is 1. The number of hydrogen-bond acceptors (Lipinski definition) is 4. The van der Waals surface area contributed by atoms with E-state index in [0.29, 0.717) is 5.56 Å². The SMILES string of the molecule is CC(N)(C(=O)NCCOc1ccc(F)c(F)c1)c1cccc(Br)c1.O=C(O)C(F)(F)F. The number of carbonyl (C=O) groups is 2. The minimum Gasteiger partial charge on any atom is -0.492 e. The number of halogens is 6. The van der Waals surface area contributed by atoms with E-state index in [-0.39, 0.29) is 24.8 Å². The van der Waals surface area contributed by atoms with Crippen LogP contribution < -0.4 is 15.8 Å². The molecule has 4 N–H and O–H groups in total. The number of carboxylic acids is 1. The molecule has 1 amide bonds. The first-order valence-electron chi connectivity index (χ1n) is 8.46. The molecule has 0 fully saturated rings. The third kappa shape index (κ3) is 8.50. The number of carboxylic acid groups (broad SMARTS) is 1. The molecule has 12 heteroatoms. The summed E-state index contributed by atoms with van der Waals surface area (Å²) in [5, 5.41) is 9.79. The first kappa shape index (κ1) is 26.3. The fourth-order valence-electron chi connectivity index (χ4n) is 2.03. The maximum Gasteiger partial charge on any atom is 0.490 e. The van der Waals surface area contributed by atoms with E-state index in [2.05, 4.69) is 21.2 Å². The predicted molar refractivity (Wildman–Crippen MR) is 104 cm³/mol. The molecule has 1 atom stereocenters. The molecule has 0 aromatic heterocycles. The number of nitrogens with one attached hydrogen (secondary N) is 1. The van der Waals surface area contributed by atoms with Crippen LogP contribution in [0.5, 0.6) is 5.75 Å². The Morgan fingerprint density at radius 3 is 2.26 bits per heavy atom. The quantitative estimate of drug-likeness (QED) is 0.404. The van der Waals surface area contributed by atoms with Crippen LogP contribution in [0.15, 0.2) is 46.9 Å². The highest BCUT2D eigenvalue weighted by atomic mass is 79.9. The second-order valence-corrected chi connectivity index (χ2v) is 7.11. The average Bonchev–Trinajstić information content (AvgIpc) is 2.67. The molecule has 0 spiro atoms. The Morgan fingerprint density at radius 1 is 1.13 bits per heavy atom. The van der Waals surface area contributed by atoms with Gasteiger partial charge in [0.2, 0.25) is 5.91 Å². The van der Waals surface area contributed by atoms with Crippen molar-refractivity contribution in [3.05, 3.63) is 64.1 Å². The summed E-state index contributed by atoms with van der Waals surface area (Å²) in [7, 11) is 0. The molecule has 0 heterocycles. The van der Waals surface area contributed by atoms with Crippen molar-refractivity contribution < 1.29 is 41.4 Å². The van der Waals surface area contributed by atoms with Crippen LogP contribution in [0.1, 0.15) is 12.5 Å². The van der Waals surface area contributed by atoms with Gasteiger partial charge >= 0.3 is 12.1 Å². The fraction of sp³-hybridized carbons (Fsp3) is 0.263. The van der Waals surface area contributed by atoms with E-state index in [1.165, 1.54) is 6.07 Å². The summed E-state index contributed by atoms with van der Waals surface area (Å²) in [5.41, 5.74) is 5.58. The molecule has 170 valence electrons. The van der Waals surface area contributed by atoms with Gasteiger partial charge in [0.25, 0.3) is 0 Å². The number of hydrogen-bond donors (Lipinski definition) is 3. The number of amides is 1. The molecule has 0 saturated carbocycles. The van der Waals surface area contributed by atoms with Gasteiger partial charge in [-0.2, -0.15) is 13.2 Å². The Hall–Kier alpha value is -2.73. The zero-order valence-corrected chi connectivity index (χ0v) is 17.6. The van der Waals surface area contributed by atoms with Crippen molar-refractivity contribution in [3.63, 3.8) is 0 Å². The zero-order valence-electron chi connectivity index (χ0n) is 16.0. The van der Waals surface area contributed by atoms with Crippen LogP contribution in [0.25, 0.3) is 0 Å². The van der Waals surface area contributed by atoms with Crippen LogP contribution in [0.4, 0.5) is 22.0 Å². The first-order chi connectivity index (χ1) is 14.2. The summed E-state index contributed by atoms with van der Waals surface area (Å²) in [4.78, 5) is 21.2. The van der Waals surface area contributed by atoms with Crippen molar-refractivity contribution >= 4 is 27.8 Å². The lowest BCUT2D eigenvalue weighted by molar-refractivity contribution is -0.192. The van der Waals surface area contributed by atoms with Crippen molar-refractivity contribution in [1.82, 2.24) is 5.32 Å². The Kier molecular flexibility index (Phi) is 9.38. The van der Waals surface area contributed by atoms with Gasteiger partial charge in [-0.05, 0) is 36.8 Å². The topological polar surface area (TPSA) is 102 Å². The number of alkyl halides is 3. The summed E-state index contributed by atoms with van der Waals surface area (Å²) in [6.45, 7) is 1.89. The summed E-state index contributed by atoms with van der Waals surface area (Å²) in [6, 6.07) is 10.4. The maximum absolute atomic E-state index is 13.0. The van der Waals surface area contributed by atoms with E-state index in [4.69, 9.17) is 20.4 Å². The highest BCUT2D eigenvalue weighted by molar-refractivity contribution is 9.10. The van der Waals surface area contributed by atoms with Crippen LogP contribution >= 0.6 is 15.9 Å². The number of ether oxygens (including phenoxy) is 1. The number of benzene rings is 2. The lowest BCUT2D eigenvalue weighted by Gasteiger charge is -2.24. The third-order valence-electron chi connectivity index (χ3n) is 3.69. The Balaban J connectivity index is 0.000000592. The molecular formula is C19H18BrF5N2O4. The molecule has 0 aliphatic heterocycles. The normalized spacial score (nSPS) is 12.8. The van der Waals surface area contributed by atoms with Crippen LogP contribution in [-0.4, -0.2) is 36.3 Å². The number of rotatable bonds is 6. The molecule has 31 heavy (non-hydrogen) atoms. The number of carbonyl (C=O) groups excluding carboxylic acids is 1. The van der Waals surface area contributed by atoms with Crippen molar-refractivity contribution in [2.75, 3.05) is 13.2 Å². The van der Waals surface area contributed by atoms with Crippen LogP contribution in [0.3, 0.4) is 0 Å². The maximum atomic E-state index is 13.0. The minimum atomic E-state index is -5.08. The lowest BCUT2D eigenvalue weighted by Crippen LogP contribution is -2.49. The van der Waals surface area contributed by atoms with Gasteiger partial charge in [0.1, 0.15) is 17.9 Å². The summed E-state index contributed by atoms with van der Waals surface area (Å²) < 4.78 is 63.7. The van der Waals surface area contributed by atoms with Crippen LogP contribution in [0, 0.1) is 11.6 Å². The van der Waals surface area contributed by atoms with Crippen molar-refractivity contribution in [2.45, 2.75) is 18.6 Å². The van der Waals surface area contributed by atoms with Gasteiger partial charge in [0.05, 0.1) is 6.54 Å². The molecule has 2 aromatic rings. The smallest absolute Gasteiger partial charge is 0.490 e. The van der Waals surface area contributed by atoms with Gasteiger partial charge in [0.15, 0.2) is 11.6 Å². The zero-order chi connectivity index (χ0) is 23.8. The highest BCUT2D eigenvalue weighted by Gasteiger charge is 2.38. The monoisotopic (exact) mass is 512 g/mol. The molecule has 2 rings (SSSR count). The van der Waals surface area contributed by atoms with Crippen LogP contribution in [-0.2, 0) is 15.1 Å². The molecule has 0 bridgehead atoms. The van der Waals surface area contributed by atoms with Gasteiger partial charge in [-0.3, -0.25) is 4.79 Å². The second-order valence-electron chi connectivity index (χ2n) is 6.20. The lowest BCUT2D eigenvalue weighted by atomic mass is 9.92. The standard InChI is InChI=1S/C17H17BrF2N2O2.C2HF3O2/c1-17(21,11-3-2-4-12(18)9-11)16(23)22-7-8-24-13-5-6-14(19)15(20)10-13;3-2(4,5)1(6)7/h2-6,9-10H,7-8,21H2,1H3,(H,22,23);(H,6,7). The van der Waals surface area contributed by atoms with E-state index >= 15 is 0 Å². The van der Waals surface area contributed by atoms with Crippen LogP contribution in [0.2, 0.25) is 0 Å². The van der Waals surface area contributed by atoms with E-state index < -0.39 is 29.3 Å². The minimum absolute atomic E-state index is 0.103. The second kappa shape index (κ2) is 11.0. The predicted octanol–water partition coefficient (Wildman–Crippen LogP) is 3.73. The molecule has 0 aliphatic carbocycles. The molecule has 0 aliphatic rings. The van der Waals surface area contributed by atoms with E-state index in [1.807, 2.05) is 6.07 Å². The summed E-state index contributed by atoms with van der Waals surface area (Å²) >= 11 is 3.34. The fourth-order valence-corrected chi connectivity index (χ4v) is 2.43. The van der Waals surface area contributed by atoms with Gasteiger partial charge in [-0.1, -0.05) is 28.1 Å². The van der Waals surface area contributed by atoms with Gasteiger partial charge < -0.3 is 20.9 Å². The molecule has 6 nitrogen and oxygen atoms in total. The summed E-state index contributed by atoms with van der Waals surface area (Å²) in [5.74, 6) is -4.86. The molecule has 2 aromatic carbocycles. The molecule has 0 saturated heterocycles. The average molecular weight is 513 g/mol. The molecule has 1 unspecified atom stereocenters. The van der Waals surface area contributed by atoms with Crippen molar-refractivity contribution in [1.29, 1.82) is 0 Å². The Labute approximate surface area is 182 Å². The Bertz CT molecular complexity index is 922. The summed E-state index contributed by atoms with van der Waals surface area (Å²) in [6.07, 6.45) is -5.08. The van der Waals surface area contributed by atoms with E-state index in [9.17, 15) is 26.7 Å². The molecular weight excluding hydrogens is 495 g/mol. The third-order valence-corrected chi connectivity index (χ3v) is 4.18. The van der Waals surface area contributed by atoms with Gasteiger partial charge in [-0.15, -0.1) is 0 Å². The van der Waals surface area contributed by atoms with Gasteiger partial charge in [-0.25, -0.2) is 13.6 Å². The first-order valence-corrected chi connectivity index (χ1v) is 9.25. The largest absolute Gasteiger partial charge is 0.492 e. The van der Waals surface area contributed by atoms with E-state index in [1.54, 1.807) is 25.1 Å². The van der Waals surface area contributed by atoms with Gasteiger partial charge in [0, 0.05) is 10.5 Å². The van der Waals surface area contributed by atoms with Crippen molar-refractivity contribution in [2.24, 2.45) is 5.73 Å². The Morgan fingerprint density at radius 2 is 1.74 bits per heavy atom. The molecule has 0 radical (unpaired) electrons.